The van der Waals surface area contributed by atoms with Gasteiger partial charge in [-0.25, -0.2) is 0 Å². The minimum Gasteiger partial charge on any atom is -0.494 e. The molecule has 1 aromatic heterocycles. The van der Waals surface area contributed by atoms with Crippen LogP contribution >= 0.6 is 0 Å². The predicted octanol–water partition coefficient (Wildman–Crippen LogP) is 2.90. The molecule has 0 fully saturated rings. The molecule has 4 heteroatoms. The molecule has 0 spiro atoms. The van der Waals surface area contributed by atoms with Gasteiger partial charge >= 0.3 is 0 Å². The molecular weight excluding hydrogens is 264 g/mol. The molecule has 0 bridgehead atoms. The molecule has 1 atom stereocenters. The highest BCUT2D eigenvalue weighted by atomic mass is 16.5. The second-order valence-electron chi connectivity index (χ2n) is 4.83. The number of hydrogen-bond donors (Lipinski definition) is 1. The van der Waals surface area contributed by atoms with Crippen molar-refractivity contribution < 1.29 is 9.53 Å². The summed E-state index contributed by atoms with van der Waals surface area (Å²) >= 11 is 0. The van der Waals surface area contributed by atoms with Gasteiger partial charge in [0, 0.05) is 12.4 Å². The van der Waals surface area contributed by atoms with Crippen LogP contribution in [-0.4, -0.2) is 17.5 Å². The van der Waals surface area contributed by atoms with Crippen molar-refractivity contribution in [3.8, 4) is 5.75 Å². The highest BCUT2D eigenvalue weighted by Crippen LogP contribution is 2.14. The van der Waals surface area contributed by atoms with Gasteiger partial charge in [0.2, 0.25) is 5.91 Å². The minimum absolute atomic E-state index is 0.00415. The normalized spacial score (nSPS) is 11.7. The summed E-state index contributed by atoms with van der Waals surface area (Å²) in [5.74, 6) is 0.820. The van der Waals surface area contributed by atoms with Crippen molar-refractivity contribution in [3.63, 3.8) is 0 Å². The fourth-order valence-electron chi connectivity index (χ4n) is 2.06. The summed E-state index contributed by atoms with van der Waals surface area (Å²) in [4.78, 5) is 16.1. The van der Waals surface area contributed by atoms with E-state index in [9.17, 15) is 4.79 Å². The SMILES string of the molecule is CCOc1ccc(CC(=O)NC(C)c2cccnc2)cc1. The number of rotatable bonds is 6. The number of nitrogens with zero attached hydrogens (tertiary/aromatic N) is 1. The molecule has 0 aliphatic heterocycles. The summed E-state index contributed by atoms with van der Waals surface area (Å²) in [6, 6.07) is 11.4. The molecule has 110 valence electrons. The van der Waals surface area contributed by atoms with Crippen LogP contribution in [0.25, 0.3) is 0 Å². The average Bonchev–Trinajstić information content (AvgIpc) is 2.50. The highest BCUT2D eigenvalue weighted by molar-refractivity contribution is 5.79. The van der Waals surface area contributed by atoms with Crippen LogP contribution in [0.4, 0.5) is 0 Å². The van der Waals surface area contributed by atoms with E-state index in [1.54, 1.807) is 12.4 Å². The van der Waals surface area contributed by atoms with Gasteiger partial charge in [-0.1, -0.05) is 18.2 Å². The minimum atomic E-state index is -0.0473. The van der Waals surface area contributed by atoms with Crippen LogP contribution in [0.15, 0.2) is 48.8 Å². The van der Waals surface area contributed by atoms with Gasteiger partial charge in [0.05, 0.1) is 19.1 Å². The number of carbonyl (C=O) groups is 1. The van der Waals surface area contributed by atoms with Crippen LogP contribution in [0.1, 0.15) is 31.0 Å². The summed E-state index contributed by atoms with van der Waals surface area (Å²) in [7, 11) is 0. The number of amides is 1. The van der Waals surface area contributed by atoms with Crippen molar-refractivity contribution in [3.05, 3.63) is 59.9 Å². The maximum atomic E-state index is 12.0. The standard InChI is InChI=1S/C17H20N2O2/c1-3-21-16-8-6-14(7-9-16)11-17(20)19-13(2)15-5-4-10-18-12-15/h4-10,12-13H,3,11H2,1-2H3,(H,19,20). The molecule has 0 saturated heterocycles. The first-order chi connectivity index (χ1) is 10.2. The average molecular weight is 284 g/mol. The number of benzene rings is 1. The molecule has 1 heterocycles. The third-order valence-electron chi connectivity index (χ3n) is 3.16. The van der Waals surface area contributed by atoms with Crippen LogP contribution in [0.2, 0.25) is 0 Å². The Balaban J connectivity index is 1.89. The van der Waals surface area contributed by atoms with Crippen LogP contribution in [0.5, 0.6) is 5.75 Å². The molecule has 1 amide bonds. The van der Waals surface area contributed by atoms with Crippen LogP contribution in [0, 0.1) is 0 Å². The maximum absolute atomic E-state index is 12.0. The van der Waals surface area contributed by atoms with Gasteiger partial charge in [0.1, 0.15) is 5.75 Å². The lowest BCUT2D eigenvalue weighted by atomic mass is 10.1. The number of carbonyl (C=O) groups excluding carboxylic acids is 1. The smallest absolute Gasteiger partial charge is 0.224 e. The Bertz CT molecular complexity index is 567. The third-order valence-corrected chi connectivity index (χ3v) is 3.16. The fourth-order valence-corrected chi connectivity index (χ4v) is 2.06. The van der Waals surface area contributed by atoms with E-state index in [0.29, 0.717) is 13.0 Å². The molecule has 0 radical (unpaired) electrons. The van der Waals surface area contributed by atoms with Gasteiger partial charge in [-0.3, -0.25) is 9.78 Å². The molecule has 2 aromatic rings. The summed E-state index contributed by atoms with van der Waals surface area (Å²) in [5.41, 5.74) is 1.96. The zero-order valence-corrected chi connectivity index (χ0v) is 12.4. The Kier molecular flexibility index (Phi) is 5.32. The predicted molar refractivity (Wildman–Crippen MR) is 82.1 cm³/mol. The molecule has 0 aliphatic carbocycles. The number of pyridine rings is 1. The number of aromatic nitrogens is 1. The van der Waals surface area contributed by atoms with E-state index in [2.05, 4.69) is 10.3 Å². The van der Waals surface area contributed by atoms with Crippen LogP contribution in [0.3, 0.4) is 0 Å². The summed E-state index contributed by atoms with van der Waals surface area (Å²) in [5, 5.41) is 2.97. The molecule has 4 nitrogen and oxygen atoms in total. The largest absolute Gasteiger partial charge is 0.494 e. The zero-order valence-electron chi connectivity index (χ0n) is 12.4. The first-order valence-electron chi connectivity index (χ1n) is 7.10. The van der Waals surface area contributed by atoms with Gasteiger partial charge in [-0.15, -0.1) is 0 Å². The van der Waals surface area contributed by atoms with Gasteiger partial charge in [0.15, 0.2) is 0 Å². The fraction of sp³-hybridized carbons (Fsp3) is 0.294. The van der Waals surface area contributed by atoms with E-state index in [-0.39, 0.29) is 11.9 Å². The molecule has 1 N–H and O–H groups in total. The van der Waals surface area contributed by atoms with Crippen molar-refractivity contribution in [2.45, 2.75) is 26.3 Å². The molecule has 0 aliphatic rings. The van der Waals surface area contributed by atoms with Gasteiger partial charge < -0.3 is 10.1 Å². The summed E-state index contributed by atoms with van der Waals surface area (Å²) in [6.45, 7) is 4.54. The van der Waals surface area contributed by atoms with Gasteiger partial charge in [-0.05, 0) is 43.2 Å². The lowest BCUT2D eigenvalue weighted by molar-refractivity contribution is -0.121. The van der Waals surface area contributed by atoms with Crippen LogP contribution in [-0.2, 0) is 11.2 Å². The Morgan fingerprint density at radius 2 is 2.05 bits per heavy atom. The van der Waals surface area contributed by atoms with Crippen molar-refractivity contribution in [1.82, 2.24) is 10.3 Å². The molecule has 1 unspecified atom stereocenters. The first kappa shape index (κ1) is 15.0. The number of hydrogen-bond acceptors (Lipinski definition) is 3. The lowest BCUT2D eigenvalue weighted by Crippen LogP contribution is -2.28. The van der Waals surface area contributed by atoms with Gasteiger partial charge in [-0.2, -0.15) is 0 Å². The topological polar surface area (TPSA) is 51.2 Å². The Morgan fingerprint density at radius 3 is 2.67 bits per heavy atom. The van der Waals surface area contributed by atoms with E-state index >= 15 is 0 Å². The number of nitrogens with one attached hydrogen (secondary N) is 1. The second-order valence-corrected chi connectivity index (χ2v) is 4.83. The number of ether oxygens (including phenoxy) is 1. The van der Waals surface area contributed by atoms with E-state index in [4.69, 9.17) is 4.74 Å². The summed E-state index contributed by atoms with van der Waals surface area (Å²) < 4.78 is 5.38. The van der Waals surface area contributed by atoms with Crippen LogP contribution < -0.4 is 10.1 Å². The first-order valence-corrected chi connectivity index (χ1v) is 7.10. The molecule has 0 saturated carbocycles. The highest BCUT2D eigenvalue weighted by Gasteiger charge is 2.10. The summed E-state index contributed by atoms with van der Waals surface area (Å²) in [6.07, 6.45) is 3.84. The Morgan fingerprint density at radius 1 is 1.29 bits per heavy atom. The Hall–Kier alpha value is -2.36. The maximum Gasteiger partial charge on any atom is 0.224 e. The molecular formula is C17H20N2O2. The molecule has 1 aromatic carbocycles. The van der Waals surface area contributed by atoms with E-state index in [0.717, 1.165) is 16.9 Å². The lowest BCUT2D eigenvalue weighted by Gasteiger charge is -2.14. The molecule has 21 heavy (non-hydrogen) atoms. The van der Waals surface area contributed by atoms with E-state index < -0.39 is 0 Å². The van der Waals surface area contributed by atoms with Gasteiger partial charge in [0.25, 0.3) is 0 Å². The Labute approximate surface area is 125 Å². The van der Waals surface area contributed by atoms with E-state index in [1.807, 2.05) is 50.2 Å². The monoisotopic (exact) mass is 284 g/mol. The second kappa shape index (κ2) is 7.43. The van der Waals surface area contributed by atoms with Crippen molar-refractivity contribution in [1.29, 1.82) is 0 Å². The zero-order chi connectivity index (χ0) is 15.1. The molecule has 2 rings (SSSR count). The van der Waals surface area contributed by atoms with Crippen molar-refractivity contribution >= 4 is 5.91 Å². The van der Waals surface area contributed by atoms with Crippen molar-refractivity contribution in [2.75, 3.05) is 6.61 Å². The quantitative estimate of drug-likeness (QED) is 0.887. The van der Waals surface area contributed by atoms with Crippen molar-refractivity contribution in [2.24, 2.45) is 0 Å². The van der Waals surface area contributed by atoms with E-state index in [1.165, 1.54) is 0 Å². The third kappa shape index (κ3) is 4.60.